The number of hydrogen-bond acceptors (Lipinski definition) is 10. The first-order chi connectivity index (χ1) is 18.6. The number of methoxy groups -OCH3 is 2. The Hall–Kier alpha value is -5.04. The van der Waals surface area contributed by atoms with Crippen molar-refractivity contribution < 1.29 is 27.4 Å². The van der Waals surface area contributed by atoms with E-state index in [0.29, 0.717) is 16.9 Å². The predicted octanol–water partition coefficient (Wildman–Crippen LogP) is 3.68. The number of rotatable bonds is 10. The molecule has 0 aliphatic heterocycles. The standard InChI is InChI=1S/C26H24N6O6S/c1-15(2)17-9-10-21(29-14-17)39(34,35)32-25-22(38-20-8-6-5-7-19(20)36-3)26(37-4)31-24(30-25)16-11-12-28-18(13-16)23(27)33/h5-14H,1H2,2-4H3,(H2,27,33)(H,30,31,32). The van der Waals surface area contributed by atoms with E-state index < -0.39 is 15.9 Å². The van der Waals surface area contributed by atoms with E-state index in [2.05, 4.69) is 31.2 Å². The number of nitrogens with zero attached hydrogens (tertiary/aromatic N) is 4. The van der Waals surface area contributed by atoms with E-state index in [1.807, 2.05) is 0 Å². The average Bonchev–Trinajstić information content (AvgIpc) is 2.94. The number of aromatic nitrogens is 4. The number of sulfonamides is 1. The van der Waals surface area contributed by atoms with Crippen molar-refractivity contribution in [1.82, 2.24) is 19.9 Å². The first-order valence-electron chi connectivity index (χ1n) is 11.3. The van der Waals surface area contributed by atoms with E-state index in [9.17, 15) is 13.2 Å². The van der Waals surface area contributed by atoms with Crippen LogP contribution < -0.4 is 24.7 Å². The van der Waals surface area contributed by atoms with Crippen molar-refractivity contribution in [2.45, 2.75) is 11.9 Å². The fraction of sp³-hybridized carbons (Fsp3) is 0.115. The highest BCUT2D eigenvalue weighted by Crippen LogP contribution is 2.41. The van der Waals surface area contributed by atoms with Crippen molar-refractivity contribution in [3.63, 3.8) is 0 Å². The normalized spacial score (nSPS) is 10.9. The first-order valence-corrected chi connectivity index (χ1v) is 12.8. The number of nitrogens with one attached hydrogen (secondary N) is 1. The Kier molecular flexibility index (Phi) is 7.72. The van der Waals surface area contributed by atoms with Crippen molar-refractivity contribution in [2.24, 2.45) is 5.73 Å². The molecule has 4 rings (SSSR count). The summed E-state index contributed by atoms with van der Waals surface area (Å²) in [6.07, 6.45) is 2.75. The third kappa shape index (κ3) is 5.93. The molecule has 0 aliphatic carbocycles. The van der Waals surface area contributed by atoms with E-state index in [0.717, 1.165) is 5.57 Å². The number of benzene rings is 1. The molecule has 0 fully saturated rings. The van der Waals surface area contributed by atoms with Crippen LogP contribution in [0.2, 0.25) is 0 Å². The van der Waals surface area contributed by atoms with Crippen LogP contribution in [0.1, 0.15) is 23.0 Å². The Morgan fingerprint density at radius 3 is 2.36 bits per heavy atom. The molecule has 0 radical (unpaired) electrons. The van der Waals surface area contributed by atoms with Gasteiger partial charge < -0.3 is 19.9 Å². The molecule has 12 nitrogen and oxygen atoms in total. The molecule has 3 N–H and O–H groups in total. The van der Waals surface area contributed by atoms with Crippen LogP contribution in [0.15, 0.2) is 72.5 Å². The van der Waals surface area contributed by atoms with Gasteiger partial charge in [0.2, 0.25) is 5.75 Å². The minimum atomic E-state index is -4.27. The van der Waals surface area contributed by atoms with Crippen LogP contribution >= 0.6 is 0 Å². The molecule has 13 heteroatoms. The Morgan fingerprint density at radius 1 is 1.00 bits per heavy atom. The summed E-state index contributed by atoms with van der Waals surface area (Å²) in [6, 6.07) is 12.6. The SMILES string of the molecule is C=C(C)c1ccc(S(=O)(=O)Nc2nc(-c3ccnc(C(N)=O)c3)nc(OC)c2Oc2ccccc2OC)nc1. The highest BCUT2D eigenvalue weighted by molar-refractivity contribution is 7.92. The monoisotopic (exact) mass is 548 g/mol. The van der Waals surface area contributed by atoms with E-state index in [4.69, 9.17) is 19.9 Å². The second kappa shape index (κ2) is 11.1. The van der Waals surface area contributed by atoms with Gasteiger partial charge >= 0.3 is 0 Å². The van der Waals surface area contributed by atoms with Gasteiger partial charge in [-0.3, -0.25) is 14.5 Å². The average molecular weight is 549 g/mol. The molecule has 3 aromatic heterocycles. The van der Waals surface area contributed by atoms with Crippen molar-refractivity contribution in [3.05, 3.63) is 78.8 Å². The minimum Gasteiger partial charge on any atom is -0.493 e. The van der Waals surface area contributed by atoms with E-state index in [1.54, 1.807) is 37.3 Å². The van der Waals surface area contributed by atoms with Crippen LogP contribution in [-0.4, -0.2) is 48.5 Å². The lowest BCUT2D eigenvalue weighted by molar-refractivity contribution is 0.0995. The summed E-state index contributed by atoms with van der Waals surface area (Å²) in [6.45, 7) is 5.61. The van der Waals surface area contributed by atoms with Gasteiger partial charge in [0.25, 0.3) is 21.8 Å². The number of allylic oxidation sites excluding steroid dienone is 1. The van der Waals surface area contributed by atoms with Gasteiger partial charge in [0, 0.05) is 18.0 Å². The molecule has 0 atom stereocenters. The Balaban J connectivity index is 1.87. The predicted molar refractivity (Wildman–Crippen MR) is 143 cm³/mol. The smallest absolute Gasteiger partial charge is 0.280 e. The second-order valence-electron chi connectivity index (χ2n) is 8.05. The van der Waals surface area contributed by atoms with Gasteiger partial charge in [0.05, 0.1) is 14.2 Å². The molecule has 0 spiro atoms. The summed E-state index contributed by atoms with van der Waals surface area (Å²) in [5.74, 6) is -0.638. The summed E-state index contributed by atoms with van der Waals surface area (Å²) in [5.41, 5.74) is 7.06. The number of carbonyl (C=O) groups is 1. The number of primary amides is 1. The Labute approximate surface area is 224 Å². The highest BCUT2D eigenvalue weighted by Gasteiger charge is 2.26. The quantitative estimate of drug-likeness (QED) is 0.298. The number of pyridine rings is 2. The van der Waals surface area contributed by atoms with Gasteiger partial charge in [-0.2, -0.15) is 13.4 Å². The molecule has 0 unspecified atom stereocenters. The second-order valence-corrected chi connectivity index (χ2v) is 9.68. The van der Waals surface area contributed by atoms with Crippen molar-refractivity contribution in [3.8, 4) is 34.5 Å². The van der Waals surface area contributed by atoms with Crippen molar-refractivity contribution in [1.29, 1.82) is 0 Å². The van der Waals surface area contributed by atoms with Crippen LogP contribution in [-0.2, 0) is 10.0 Å². The first kappa shape index (κ1) is 27.0. The van der Waals surface area contributed by atoms with Crippen molar-refractivity contribution >= 4 is 27.3 Å². The topological polar surface area (TPSA) is 169 Å². The molecule has 0 saturated heterocycles. The lowest BCUT2D eigenvalue weighted by Gasteiger charge is -2.17. The van der Waals surface area contributed by atoms with E-state index in [1.165, 1.54) is 44.8 Å². The van der Waals surface area contributed by atoms with Gasteiger partial charge in [0.15, 0.2) is 28.2 Å². The van der Waals surface area contributed by atoms with Gasteiger partial charge in [-0.1, -0.05) is 24.8 Å². The fourth-order valence-electron chi connectivity index (χ4n) is 3.35. The maximum atomic E-state index is 13.4. The Bertz CT molecular complexity index is 1660. The third-order valence-electron chi connectivity index (χ3n) is 5.32. The highest BCUT2D eigenvalue weighted by atomic mass is 32.2. The van der Waals surface area contributed by atoms with Crippen LogP contribution in [0, 0.1) is 0 Å². The summed E-state index contributed by atoms with van der Waals surface area (Å²) in [5, 5.41) is -0.269. The summed E-state index contributed by atoms with van der Waals surface area (Å²) in [7, 11) is -1.47. The molecule has 1 amide bonds. The number of para-hydroxylation sites is 2. The van der Waals surface area contributed by atoms with Crippen LogP contribution in [0.5, 0.6) is 23.1 Å². The minimum absolute atomic E-state index is 0.00687. The van der Waals surface area contributed by atoms with Gasteiger partial charge in [0.1, 0.15) is 5.69 Å². The molecule has 0 bridgehead atoms. The van der Waals surface area contributed by atoms with Gasteiger partial charge in [-0.15, -0.1) is 0 Å². The van der Waals surface area contributed by atoms with Gasteiger partial charge in [-0.05, 0) is 48.4 Å². The Morgan fingerprint density at radius 2 is 1.74 bits per heavy atom. The van der Waals surface area contributed by atoms with Crippen LogP contribution in [0.25, 0.3) is 17.0 Å². The summed E-state index contributed by atoms with van der Waals surface area (Å²) >= 11 is 0. The van der Waals surface area contributed by atoms with E-state index in [-0.39, 0.29) is 39.7 Å². The van der Waals surface area contributed by atoms with Crippen LogP contribution in [0.3, 0.4) is 0 Å². The number of ether oxygens (including phenoxy) is 3. The number of nitrogens with two attached hydrogens (primary N) is 1. The maximum Gasteiger partial charge on any atom is 0.280 e. The largest absolute Gasteiger partial charge is 0.493 e. The number of carbonyl (C=O) groups excluding carboxylic acids is 1. The summed E-state index contributed by atoms with van der Waals surface area (Å²) in [4.78, 5) is 28.4. The molecule has 1 aromatic carbocycles. The molecule has 4 aromatic rings. The molecule has 0 saturated carbocycles. The van der Waals surface area contributed by atoms with E-state index >= 15 is 0 Å². The maximum absolute atomic E-state index is 13.4. The number of anilines is 1. The van der Waals surface area contributed by atoms with Crippen LogP contribution in [0.4, 0.5) is 5.82 Å². The molecule has 39 heavy (non-hydrogen) atoms. The molecule has 200 valence electrons. The molecule has 3 heterocycles. The zero-order valence-electron chi connectivity index (χ0n) is 21.2. The molecule has 0 aliphatic rings. The fourth-order valence-corrected chi connectivity index (χ4v) is 4.28. The number of hydrogen-bond donors (Lipinski definition) is 2. The lowest BCUT2D eigenvalue weighted by Crippen LogP contribution is -2.17. The zero-order valence-corrected chi connectivity index (χ0v) is 22.0. The molecular weight excluding hydrogens is 524 g/mol. The van der Waals surface area contributed by atoms with Crippen molar-refractivity contribution in [2.75, 3.05) is 18.9 Å². The molecular formula is C26H24N6O6S. The zero-order chi connectivity index (χ0) is 28.2. The lowest BCUT2D eigenvalue weighted by atomic mass is 10.2. The van der Waals surface area contributed by atoms with Gasteiger partial charge in [-0.25, -0.2) is 9.97 Å². The third-order valence-corrected chi connectivity index (χ3v) is 6.57. The summed E-state index contributed by atoms with van der Waals surface area (Å²) < 4.78 is 45.9. The number of amides is 1.